The number of anilines is 6. The molecule has 10 rings (SSSR count). The third kappa shape index (κ3) is 5.85. The number of hydrogen-bond donors (Lipinski definition) is 0. The molecule has 0 saturated carbocycles. The predicted octanol–water partition coefficient (Wildman–Crippen LogP) is 14.3. The van der Waals surface area contributed by atoms with E-state index in [-0.39, 0.29) is 39.2 Å². The highest BCUT2D eigenvalue weighted by atomic mass is 32.1. The van der Waals surface area contributed by atoms with E-state index in [1.165, 1.54) is 119 Å². The molecule has 4 heteroatoms. The molecule has 4 aliphatic rings. The summed E-state index contributed by atoms with van der Waals surface area (Å²) in [6.45, 7) is 33.8. The highest BCUT2D eigenvalue weighted by molar-refractivity contribution is 7.33. The van der Waals surface area contributed by atoms with Crippen molar-refractivity contribution in [1.29, 1.82) is 0 Å². The second kappa shape index (κ2) is 12.7. The Morgan fingerprint density at radius 2 is 1.02 bits per heavy atom. The number of nitrogens with zero attached hydrogens (tertiary/aromatic N) is 2. The number of fused-ring (bicyclic) bond motifs is 8. The van der Waals surface area contributed by atoms with Crippen LogP contribution in [0.3, 0.4) is 0 Å². The lowest BCUT2D eigenvalue weighted by Gasteiger charge is -2.45. The van der Waals surface area contributed by atoms with E-state index in [1.807, 2.05) is 0 Å². The van der Waals surface area contributed by atoms with E-state index in [2.05, 4.69) is 209 Å². The van der Waals surface area contributed by atoms with Crippen LogP contribution in [0.15, 0.2) is 91.0 Å². The maximum Gasteiger partial charge on any atom is 0.264 e. The molecule has 0 spiro atoms. The summed E-state index contributed by atoms with van der Waals surface area (Å²) in [4.78, 5) is 5.27. The quantitative estimate of drug-likeness (QED) is 0.161. The molecule has 308 valence electrons. The molecule has 2 aliphatic carbocycles. The monoisotopic (exact) mass is 808 g/mol. The SMILES string of the molecule is CC(C)(C)c1ccc(N2c3ccc(C(C)(C)C)cc3B3c4sc5cc6c(cc5c4N(c4ccc5c(c4)C(C)(C)CCC5(C)C)c4cccc2c43)C(C)(C)CCC6(C)C)cc1. The first-order valence-corrected chi connectivity index (χ1v) is 23.5. The molecule has 1 aromatic heterocycles. The van der Waals surface area contributed by atoms with Gasteiger partial charge >= 0.3 is 0 Å². The fourth-order valence-corrected chi connectivity index (χ4v) is 12.7. The molecule has 3 heterocycles. The molecule has 0 amide bonds. The Kier molecular flexibility index (Phi) is 8.40. The lowest BCUT2D eigenvalue weighted by Crippen LogP contribution is -2.60. The number of rotatable bonds is 2. The second-order valence-corrected chi connectivity index (χ2v) is 24.7. The summed E-state index contributed by atoms with van der Waals surface area (Å²) in [5.41, 5.74) is 20.0. The summed E-state index contributed by atoms with van der Waals surface area (Å²) in [7, 11) is 0. The average molecular weight is 809 g/mol. The molecule has 0 atom stereocenters. The van der Waals surface area contributed by atoms with Gasteiger partial charge in [0.2, 0.25) is 0 Å². The third-order valence-electron chi connectivity index (χ3n) is 15.5. The van der Waals surface area contributed by atoms with E-state index in [1.54, 1.807) is 0 Å². The Bertz CT molecular complexity index is 2750. The van der Waals surface area contributed by atoms with Crippen LogP contribution < -0.4 is 25.5 Å². The first-order valence-electron chi connectivity index (χ1n) is 22.7. The molecule has 0 unspecified atom stereocenters. The molecular formula is C56H65BN2S. The highest BCUT2D eigenvalue weighted by Gasteiger charge is 2.47. The summed E-state index contributed by atoms with van der Waals surface area (Å²) in [5, 5.41) is 1.40. The first-order chi connectivity index (χ1) is 28.0. The van der Waals surface area contributed by atoms with Crippen molar-refractivity contribution in [2.75, 3.05) is 9.80 Å². The normalized spacial score (nSPS) is 19.3. The van der Waals surface area contributed by atoms with Gasteiger partial charge in [0.05, 0.1) is 5.69 Å². The summed E-state index contributed by atoms with van der Waals surface area (Å²) < 4.78 is 2.88. The minimum atomic E-state index is 0.0115. The van der Waals surface area contributed by atoms with E-state index in [0.717, 1.165) is 0 Å². The van der Waals surface area contributed by atoms with Gasteiger partial charge in [0, 0.05) is 43.3 Å². The van der Waals surface area contributed by atoms with Gasteiger partial charge in [-0.3, -0.25) is 0 Å². The third-order valence-corrected chi connectivity index (χ3v) is 16.7. The van der Waals surface area contributed by atoms with Gasteiger partial charge in [-0.1, -0.05) is 133 Å². The zero-order valence-electron chi connectivity index (χ0n) is 38.9. The van der Waals surface area contributed by atoms with Gasteiger partial charge in [0.1, 0.15) is 0 Å². The predicted molar refractivity (Wildman–Crippen MR) is 264 cm³/mol. The zero-order valence-corrected chi connectivity index (χ0v) is 39.7. The van der Waals surface area contributed by atoms with E-state index in [4.69, 9.17) is 0 Å². The van der Waals surface area contributed by atoms with Crippen LogP contribution in [0.2, 0.25) is 0 Å². The molecular weight excluding hydrogens is 744 g/mol. The van der Waals surface area contributed by atoms with Gasteiger partial charge in [0.25, 0.3) is 6.71 Å². The fraction of sp³-hybridized carbons (Fsp3) is 0.429. The van der Waals surface area contributed by atoms with Crippen LogP contribution in [-0.4, -0.2) is 6.71 Å². The van der Waals surface area contributed by atoms with Crippen LogP contribution in [0.1, 0.15) is 156 Å². The molecule has 5 aromatic carbocycles. The Morgan fingerprint density at radius 3 is 1.62 bits per heavy atom. The zero-order chi connectivity index (χ0) is 42.7. The maximum atomic E-state index is 2.70. The Morgan fingerprint density at radius 1 is 0.500 bits per heavy atom. The second-order valence-electron chi connectivity index (χ2n) is 23.6. The molecule has 0 saturated heterocycles. The van der Waals surface area contributed by atoms with Crippen molar-refractivity contribution in [2.45, 2.75) is 155 Å². The van der Waals surface area contributed by atoms with Crippen LogP contribution in [0.4, 0.5) is 34.1 Å². The Balaban J connectivity index is 1.31. The van der Waals surface area contributed by atoms with Gasteiger partial charge < -0.3 is 9.80 Å². The van der Waals surface area contributed by atoms with E-state index >= 15 is 0 Å². The van der Waals surface area contributed by atoms with Crippen molar-refractivity contribution in [3.8, 4) is 0 Å². The van der Waals surface area contributed by atoms with Gasteiger partial charge in [-0.05, 0) is 157 Å². The summed E-state index contributed by atoms with van der Waals surface area (Å²) in [6.07, 6.45) is 4.82. The average Bonchev–Trinajstić information content (AvgIpc) is 3.55. The molecule has 60 heavy (non-hydrogen) atoms. The van der Waals surface area contributed by atoms with Gasteiger partial charge in [-0.2, -0.15) is 0 Å². The van der Waals surface area contributed by atoms with Crippen molar-refractivity contribution in [2.24, 2.45) is 0 Å². The van der Waals surface area contributed by atoms with Crippen molar-refractivity contribution in [3.05, 3.63) is 124 Å². The van der Waals surface area contributed by atoms with Gasteiger partial charge in [-0.15, -0.1) is 11.3 Å². The largest absolute Gasteiger partial charge is 0.311 e. The molecule has 0 fully saturated rings. The minimum Gasteiger partial charge on any atom is -0.311 e. The molecule has 6 aromatic rings. The van der Waals surface area contributed by atoms with Gasteiger partial charge in [0.15, 0.2) is 0 Å². The summed E-state index contributed by atoms with van der Waals surface area (Å²) in [6, 6.07) is 36.7. The van der Waals surface area contributed by atoms with Crippen LogP contribution >= 0.6 is 11.3 Å². The van der Waals surface area contributed by atoms with Crippen molar-refractivity contribution in [3.63, 3.8) is 0 Å². The van der Waals surface area contributed by atoms with Crippen molar-refractivity contribution >= 4 is 78.0 Å². The first kappa shape index (κ1) is 39.8. The highest BCUT2D eigenvalue weighted by Crippen LogP contribution is 2.54. The Hall–Kier alpha value is -4.28. The molecule has 0 bridgehead atoms. The molecule has 2 aliphatic heterocycles. The fourth-order valence-electron chi connectivity index (χ4n) is 11.3. The Labute approximate surface area is 365 Å². The number of benzene rings is 5. The van der Waals surface area contributed by atoms with E-state index in [9.17, 15) is 0 Å². The lowest BCUT2D eigenvalue weighted by atomic mass is 9.36. The van der Waals surface area contributed by atoms with E-state index in [0.29, 0.717) is 0 Å². The van der Waals surface area contributed by atoms with Crippen LogP contribution in [0, 0.1) is 0 Å². The van der Waals surface area contributed by atoms with Crippen LogP contribution in [0.5, 0.6) is 0 Å². The molecule has 2 nitrogen and oxygen atoms in total. The van der Waals surface area contributed by atoms with Gasteiger partial charge in [-0.25, -0.2) is 0 Å². The molecule has 0 radical (unpaired) electrons. The molecule has 0 N–H and O–H groups in total. The standard InChI is InChI=1S/C56H65BN2S/c1-51(2,3)34-18-21-36(22-19-34)58-44-25-20-35(52(4,5)6)30-43(44)57-48-45(58)16-15-17-46(48)59(37-23-24-39-40(31-37)54(9,10)27-26-53(39,7)8)49-38-32-41-42(33-47(38)60-50(49)57)56(13,14)29-28-55(41,11)12/h15-25,30-33H,26-29H2,1-14H3. The summed E-state index contributed by atoms with van der Waals surface area (Å²) in [5.74, 6) is 0. The van der Waals surface area contributed by atoms with E-state index < -0.39 is 0 Å². The number of hydrogen-bond acceptors (Lipinski definition) is 3. The van der Waals surface area contributed by atoms with Crippen LogP contribution in [-0.2, 0) is 32.5 Å². The maximum absolute atomic E-state index is 2.70. The number of thiophene rings is 1. The van der Waals surface area contributed by atoms with Crippen LogP contribution in [0.25, 0.3) is 10.1 Å². The summed E-state index contributed by atoms with van der Waals surface area (Å²) >= 11 is 2.06. The van der Waals surface area contributed by atoms with Crippen molar-refractivity contribution in [1.82, 2.24) is 0 Å². The minimum absolute atomic E-state index is 0.0115. The van der Waals surface area contributed by atoms with Crippen molar-refractivity contribution < 1.29 is 0 Å². The topological polar surface area (TPSA) is 6.48 Å². The smallest absolute Gasteiger partial charge is 0.264 e. The lowest BCUT2D eigenvalue weighted by molar-refractivity contribution is 0.332.